The van der Waals surface area contributed by atoms with E-state index in [4.69, 9.17) is 14.2 Å². The second-order valence-corrected chi connectivity index (χ2v) is 3.07. The molecular weight excluding hydrogens is 208 g/mol. The highest BCUT2D eigenvalue weighted by Crippen LogP contribution is 2.29. The summed E-state index contributed by atoms with van der Waals surface area (Å²) in [5.41, 5.74) is 1.36. The first-order chi connectivity index (χ1) is 7.80. The van der Waals surface area contributed by atoms with E-state index in [9.17, 15) is 0 Å². The number of methoxy groups -OCH3 is 3. The van der Waals surface area contributed by atoms with Gasteiger partial charge in [0.05, 0.1) is 26.8 Å². The number of hydrogen-bond donors (Lipinski definition) is 0. The molecule has 1 heterocycles. The Morgan fingerprint density at radius 1 is 0.875 bits per heavy atom. The van der Waals surface area contributed by atoms with Crippen LogP contribution in [0.3, 0.4) is 0 Å². The average Bonchev–Trinajstić information content (AvgIpc) is 2.36. The Hall–Kier alpha value is -2.04. The van der Waals surface area contributed by atoms with Crippen molar-refractivity contribution in [3.63, 3.8) is 0 Å². The van der Waals surface area contributed by atoms with E-state index in [1.165, 1.54) is 14.2 Å². The van der Waals surface area contributed by atoms with Crippen LogP contribution in [0.1, 0.15) is 0 Å². The first kappa shape index (κ1) is 10.5. The lowest BCUT2D eigenvalue weighted by atomic mass is 10.3. The molecule has 0 saturated carbocycles. The third kappa shape index (κ3) is 1.60. The highest BCUT2D eigenvalue weighted by molar-refractivity contribution is 5.82. The largest absolute Gasteiger partial charge is 0.494 e. The fourth-order valence-corrected chi connectivity index (χ4v) is 1.45. The maximum absolute atomic E-state index is 5.20. The van der Waals surface area contributed by atoms with Crippen molar-refractivity contribution in [1.82, 2.24) is 9.97 Å². The molecule has 0 amide bonds. The molecule has 5 heteroatoms. The first-order valence-corrected chi connectivity index (χ1v) is 4.73. The van der Waals surface area contributed by atoms with Crippen LogP contribution in [0.4, 0.5) is 0 Å². The summed E-state index contributed by atoms with van der Waals surface area (Å²) < 4.78 is 15.4. The molecule has 0 N–H and O–H groups in total. The summed E-state index contributed by atoms with van der Waals surface area (Å²) in [7, 11) is 4.64. The summed E-state index contributed by atoms with van der Waals surface area (Å²) >= 11 is 0. The number of benzene rings is 1. The van der Waals surface area contributed by atoms with Crippen LogP contribution >= 0.6 is 0 Å². The molecule has 2 rings (SSSR count). The van der Waals surface area contributed by atoms with Crippen molar-refractivity contribution in [1.29, 1.82) is 0 Å². The van der Waals surface area contributed by atoms with Crippen LogP contribution in [0.2, 0.25) is 0 Å². The number of hydrogen-bond acceptors (Lipinski definition) is 5. The second-order valence-electron chi connectivity index (χ2n) is 3.07. The molecule has 5 nitrogen and oxygen atoms in total. The van der Waals surface area contributed by atoms with Gasteiger partial charge in [0.25, 0.3) is 11.8 Å². The summed E-state index contributed by atoms with van der Waals surface area (Å²) in [4.78, 5) is 8.58. The highest BCUT2D eigenvalue weighted by Gasteiger charge is 2.12. The summed E-state index contributed by atoms with van der Waals surface area (Å²) in [5, 5.41) is 0. The molecule has 0 unspecified atom stereocenters. The molecule has 2 aromatic rings. The number of nitrogens with zero attached hydrogens (tertiary/aromatic N) is 2. The molecule has 16 heavy (non-hydrogen) atoms. The van der Waals surface area contributed by atoms with E-state index in [0.717, 1.165) is 0 Å². The van der Waals surface area contributed by atoms with E-state index in [-0.39, 0.29) is 0 Å². The van der Waals surface area contributed by atoms with E-state index in [0.29, 0.717) is 28.5 Å². The van der Waals surface area contributed by atoms with Crippen molar-refractivity contribution in [3.05, 3.63) is 18.2 Å². The molecule has 0 radical (unpaired) electrons. The maximum atomic E-state index is 5.20. The van der Waals surface area contributed by atoms with Crippen molar-refractivity contribution in [2.75, 3.05) is 21.3 Å². The predicted molar refractivity (Wildman–Crippen MR) is 59.2 cm³/mol. The molecule has 1 aromatic carbocycles. The minimum Gasteiger partial charge on any atom is -0.494 e. The van der Waals surface area contributed by atoms with E-state index in [1.807, 2.05) is 18.2 Å². The summed E-state index contributed by atoms with van der Waals surface area (Å²) in [5.74, 6) is 1.37. The van der Waals surface area contributed by atoms with Gasteiger partial charge in [0.2, 0.25) is 0 Å². The molecule has 0 fully saturated rings. The number of ether oxygens (including phenoxy) is 3. The van der Waals surface area contributed by atoms with Gasteiger partial charge in [0, 0.05) is 0 Å². The maximum Gasteiger partial charge on any atom is 0.278 e. The van der Waals surface area contributed by atoms with E-state index >= 15 is 0 Å². The Kier molecular flexibility index (Phi) is 2.76. The second kappa shape index (κ2) is 4.22. The summed E-state index contributed by atoms with van der Waals surface area (Å²) in [6.07, 6.45) is 0. The van der Waals surface area contributed by atoms with Crippen LogP contribution in [0.25, 0.3) is 11.0 Å². The van der Waals surface area contributed by atoms with Gasteiger partial charge < -0.3 is 14.2 Å². The zero-order chi connectivity index (χ0) is 11.5. The van der Waals surface area contributed by atoms with Gasteiger partial charge in [-0.2, -0.15) is 0 Å². The minimum atomic E-state index is 0.347. The smallest absolute Gasteiger partial charge is 0.278 e. The Morgan fingerprint density at radius 3 is 2.19 bits per heavy atom. The lowest BCUT2D eigenvalue weighted by molar-refractivity contribution is 0.333. The van der Waals surface area contributed by atoms with Crippen molar-refractivity contribution in [2.45, 2.75) is 0 Å². The topological polar surface area (TPSA) is 53.5 Å². The molecule has 0 bridgehead atoms. The molecule has 0 spiro atoms. The van der Waals surface area contributed by atoms with Crippen LogP contribution in [0.15, 0.2) is 18.2 Å². The van der Waals surface area contributed by atoms with Crippen LogP contribution in [0.5, 0.6) is 17.5 Å². The standard InChI is InChI=1S/C11H12N2O3/c1-14-8-6-4-5-7-9(8)13-11(16-3)10(12-7)15-2/h4-6H,1-3H3. The fraction of sp³-hybridized carbons (Fsp3) is 0.273. The van der Waals surface area contributed by atoms with Crippen LogP contribution in [-0.2, 0) is 0 Å². The van der Waals surface area contributed by atoms with Crippen molar-refractivity contribution in [3.8, 4) is 17.5 Å². The van der Waals surface area contributed by atoms with E-state index < -0.39 is 0 Å². The number of aromatic nitrogens is 2. The Balaban J connectivity index is 2.72. The van der Waals surface area contributed by atoms with Gasteiger partial charge in [-0.1, -0.05) is 6.07 Å². The molecule has 0 aliphatic heterocycles. The lowest BCUT2D eigenvalue weighted by Gasteiger charge is -2.08. The Morgan fingerprint density at radius 2 is 1.56 bits per heavy atom. The van der Waals surface area contributed by atoms with Crippen molar-refractivity contribution < 1.29 is 14.2 Å². The Labute approximate surface area is 93.0 Å². The van der Waals surface area contributed by atoms with Crippen LogP contribution < -0.4 is 14.2 Å². The zero-order valence-corrected chi connectivity index (χ0v) is 9.35. The van der Waals surface area contributed by atoms with Gasteiger partial charge in [0.15, 0.2) is 0 Å². The first-order valence-electron chi connectivity index (χ1n) is 4.73. The summed E-state index contributed by atoms with van der Waals surface area (Å²) in [6, 6.07) is 5.51. The SMILES string of the molecule is COc1nc2cccc(OC)c2nc1OC. The highest BCUT2D eigenvalue weighted by atomic mass is 16.5. The third-order valence-corrected chi connectivity index (χ3v) is 2.20. The molecule has 0 saturated heterocycles. The van der Waals surface area contributed by atoms with Gasteiger partial charge in [-0.25, -0.2) is 9.97 Å². The Bertz CT molecular complexity index is 514. The van der Waals surface area contributed by atoms with Gasteiger partial charge in [0.1, 0.15) is 11.3 Å². The minimum absolute atomic E-state index is 0.347. The quantitative estimate of drug-likeness (QED) is 0.787. The predicted octanol–water partition coefficient (Wildman–Crippen LogP) is 1.66. The molecule has 84 valence electrons. The molecular formula is C11H12N2O3. The van der Waals surface area contributed by atoms with Gasteiger partial charge >= 0.3 is 0 Å². The number of rotatable bonds is 3. The monoisotopic (exact) mass is 220 g/mol. The fourth-order valence-electron chi connectivity index (χ4n) is 1.45. The molecule has 0 atom stereocenters. The van der Waals surface area contributed by atoms with Gasteiger partial charge in [-0.05, 0) is 12.1 Å². The summed E-state index contributed by atoms with van der Waals surface area (Å²) in [6.45, 7) is 0. The lowest BCUT2D eigenvalue weighted by Crippen LogP contribution is -1.98. The van der Waals surface area contributed by atoms with E-state index in [2.05, 4.69) is 9.97 Å². The van der Waals surface area contributed by atoms with E-state index in [1.54, 1.807) is 7.11 Å². The van der Waals surface area contributed by atoms with Crippen molar-refractivity contribution in [2.24, 2.45) is 0 Å². The number of para-hydroxylation sites is 1. The molecule has 0 aliphatic rings. The average molecular weight is 220 g/mol. The van der Waals surface area contributed by atoms with Gasteiger partial charge in [-0.3, -0.25) is 0 Å². The van der Waals surface area contributed by atoms with Crippen LogP contribution in [-0.4, -0.2) is 31.3 Å². The van der Waals surface area contributed by atoms with Gasteiger partial charge in [-0.15, -0.1) is 0 Å². The number of fused-ring (bicyclic) bond motifs is 1. The third-order valence-electron chi connectivity index (χ3n) is 2.20. The molecule has 0 aliphatic carbocycles. The molecule has 1 aromatic heterocycles. The normalized spacial score (nSPS) is 10.2. The van der Waals surface area contributed by atoms with Crippen molar-refractivity contribution >= 4 is 11.0 Å². The zero-order valence-electron chi connectivity index (χ0n) is 9.35. The van der Waals surface area contributed by atoms with Crippen LogP contribution in [0, 0.1) is 0 Å².